The van der Waals surface area contributed by atoms with E-state index in [0.29, 0.717) is 11.1 Å². The maximum Gasteiger partial charge on any atom is 0.217 e. The molecule has 0 bridgehead atoms. The van der Waals surface area contributed by atoms with Crippen LogP contribution in [0.2, 0.25) is 0 Å². The average Bonchev–Trinajstić information content (AvgIpc) is 2.30. The summed E-state index contributed by atoms with van der Waals surface area (Å²) in [5, 5.41) is 7.96. The zero-order valence-corrected chi connectivity index (χ0v) is 11.5. The first-order valence-corrected chi connectivity index (χ1v) is 7.20. The molecule has 18 heavy (non-hydrogen) atoms. The SMILES string of the molecule is Cc1ccc(C(C)NS(=O)(=O)C(C)CO)cc1F. The third-order valence-electron chi connectivity index (χ3n) is 2.82. The van der Waals surface area contributed by atoms with Crippen molar-refractivity contribution in [2.75, 3.05) is 6.61 Å². The summed E-state index contributed by atoms with van der Waals surface area (Å²) in [5.74, 6) is -0.367. The summed E-state index contributed by atoms with van der Waals surface area (Å²) in [6.07, 6.45) is 0. The molecule has 2 unspecified atom stereocenters. The van der Waals surface area contributed by atoms with Gasteiger partial charge in [-0.05, 0) is 38.0 Å². The van der Waals surface area contributed by atoms with Crippen molar-refractivity contribution in [3.63, 3.8) is 0 Å². The fourth-order valence-electron chi connectivity index (χ4n) is 1.41. The highest BCUT2D eigenvalue weighted by molar-refractivity contribution is 7.90. The Morgan fingerprint density at radius 3 is 2.50 bits per heavy atom. The van der Waals surface area contributed by atoms with Gasteiger partial charge in [0.2, 0.25) is 10.0 Å². The van der Waals surface area contributed by atoms with Crippen LogP contribution in [0, 0.1) is 12.7 Å². The van der Waals surface area contributed by atoms with Gasteiger partial charge < -0.3 is 5.11 Å². The topological polar surface area (TPSA) is 66.4 Å². The first kappa shape index (κ1) is 15.1. The van der Waals surface area contributed by atoms with Gasteiger partial charge in [-0.15, -0.1) is 0 Å². The van der Waals surface area contributed by atoms with Crippen LogP contribution in [0.5, 0.6) is 0 Å². The van der Waals surface area contributed by atoms with Crippen LogP contribution >= 0.6 is 0 Å². The predicted octanol–water partition coefficient (Wildman–Crippen LogP) is 1.50. The molecule has 0 saturated carbocycles. The van der Waals surface area contributed by atoms with Crippen molar-refractivity contribution in [2.24, 2.45) is 0 Å². The summed E-state index contributed by atoms with van der Waals surface area (Å²) in [6, 6.07) is 4.05. The van der Waals surface area contributed by atoms with E-state index in [1.54, 1.807) is 26.0 Å². The fourth-order valence-corrected chi connectivity index (χ4v) is 2.46. The van der Waals surface area contributed by atoms with Crippen LogP contribution in [-0.2, 0) is 10.0 Å². The lowest BCUT2D eigenvalue weighted by atomic mass is 10.1. The minimum absolute atomic E-state index is 0.367. The fraction of sp³-hybridized carbons (Fsp3) is 0.500. The van der Waals surface area contributed by atoms with Crippen molar-refractivity contribution in [1.82, 2.24) is 4.72 Å². The van der Waals surface area contributed by atoms with E-state index in [9.17, 15) is 12.8 Å². The van der Waals surface area contributed by atoms with Crippen molar-refractivity contribution < 1.29 is 17.9 Å². The van der Waals surface area contributed by atoms with E-state index in [1.165, 1.54) is 13.0 Å². The first-order chi connectivity index (χ1) is 8.27. The molecule has 0 aliphatic heterocycles. The number of hydrogen-bond donors (Lipinski definition) is 2. The molecule has 0 aromatic heterocycles. The van der Waals surface area contributed by atoms with Gasteiger partial charge in [-0.2, -0.15) is 0 Å². The first-order valence-electron chi connectivity index (χ1n) is 5.66. The van der Waals surface area contributed by atoms with Crippen LogP contribution in [-0.4, -0.2) is 25.4 Å². The molecule has 4 nitrogen and oxygen atoms in total. The lowest BCUT2D eigenvalue weighted by molar-refractivity contribution is 0.294. The molecule has 0 heterocycles. The van der Waals surface area contributed by atoms with Crippen molar-refractivity contribution in [3.05, 3.63) is 35.1 Å². The molecular weight excluding hydrogens is 257 g/mol. The molecular formula is C12H18FNO3S. The second kappa shape index (κ2) is 5.77. The summed E-state index contributed by atoms with van der Waals surface area (Å²) in [7, 11) is -3.60. The maximum absolute atomic E-state index is 13.4. The second-order valence-electron chi connectivity index (χ2n) is 4.39. The smallest absolute Gasteiger partial charge is 0.217 e. The number of rotatable bonds is 5. The molecule has 2 atom stereocenters. The molecule has 1 rings (SSSR count). The third-order valence-corrected chi connectivity index (χ3v) is 4.71. The lowest BCUT2D eigenvalue weighted by Crippen LogP contribution is -2.36. The van der Waals surface area contributed by atoms with Crippen LogP contribution in [0.1, 0.15) is 31.0 Å². The summed E-state index contributed by atoms with van der Waals surface area (Å²) < 4.78 is 39.3. The minimum Gasteiger partial charge on any atom is -0.395 e. The van der Waals surface area contributed by atoms with Crippen molar-refractivity contribution >= 4 is 10.0 Å². The number of nitrogens with one attached hydrogen (secondary N) is 1. The number of aliphatic hydroxyl groups is 1. The van der Waals surface area contributed by atoms with Crippen LogP contribution in [0.3, 0.4) is 0 Å². The Balaban J connectivity index is 2.89. The van der Waals surface area contributed by atoms with E-state index in [2.05, 4.69) is 4.72 Å². The molecule has 0 spiro atoms. The Morgan fingerprint density at radius 2 is 2.00 bits per heavy atom. The molecule has 0 amide bonds. The zero-order chi connectivity index (χ0) is 13.9. The van der Waals surface area contributed by atoms with Crippen LogP contribution in [0.25, 0.3) is 0 Å². The number of aliphatic hydroxyl groups excluding tert-OH is 1. The van der Waals surface area contributed by atoms with E-state index in [4.69, 9.17) is 5.11 Å². The molecule has 1 aromatic rings. The molecule has 0 aliphatic rings. The third kappa shape index (κ3) is 3.51. The van der Waals surface area contributed by atoms with Gasteiger partial charge in [-0.1, -0.05) is 12.1 Å². The number of halogens is 1. The minimum atomic E-state index is -3.60. The Labute approximate surface area is 107 Å². The van der Waals surface area contributed by atoms with Gasteiger partial charge in [0.15, 0.2) is 0 Å². The van der Waals surface area contributed by atoms with E-state index < -0.39 is 27.9 Å². The number of hydrogen-bond acceptors (Lipinski definition) is 3. The maximum atomic E-state index is 13.4. The molecule has 1 aromatic carbocycles. The standard InChI is InChI=1S/C12H18FNO3S/c1-8-4-5-11(6-12(8)13)10(3)14-18(16,17)9(2)7-15/h4-6,9-10,14-15H,7H2,1-3H3. The van der Waals surface area contributed by atoms with Gasteiger partial charge in [0.1, 0.15) is 5.82 Å². The molecule has 0 fully saturated rings. The Kier molecular flexibility index (Phi) is 4.84. The van der Waals surface area contributed by atoms with Gasteiger partial charge in [-0.25, -0.2) is 17.5 Å². The quantitative estimate of drug-likeness (QED) is 0.855. The van der Waals surface area contributed by atoms with Crippen molar-refractivity contribution in [3.8, 4) is 0 Å². The normalized spacial score (nSPS) is 15.4. The second-order valence-corrected chi connectivity index (χ2v) is 6.52. The highest BCUT2D eigenvalue weighted by Crippen LogP contribution is 2.17. The molecule has 102 valence electrons. The summed E-state index contributed by atoms with van der Waals surface area (Å²) in [5.41, 5.74) is 1.06. The molecule has 0 radical (unpaired) electrons. The molecule has 0 aliphatic carbocycles. The molecule has 6 heteroatoms. The van der Waals surface area contributed by atoms with Crippen molar-refractivity contribution in [2.45, 2.75) is 32.1 Å². The van der Waals surface area contributed by atoms with Gasteiger partial charge in [-0.3, -0.25) is 0 Å². The Bertz CT molecular complexity index is 516. The van der Waals surface area contributed by atoms with Gasteiger partial charge in [0.05, 0.1) is 11.9 Å². The van der Waals surface area contributed by atoms with Gasteiger partial charge in [0, 0.05) is 6.04 Å². The van der Waals surface area contributed by atoms with E-state index >= 15 is 0 Å². The Hall–Kier alpha value is -0.980. The monoisotopic (exact) mass is 275 g/mol. The molecule has 2 N–H and O–H groups in total. The van der Waals surface area contributed by atoms with Crippen LogP contribution < -0.4 is 4.72 Å². The van der Waals surface area contributed by atoms with Gasteiger partial charge in [0.25, 0.3) is 0 Å². The highest BCUT2D eigenvalue weighted by atomic mass is 32.2. The molecule has 0 saturated heterocycles. The number of aryl methyl sites for hydroxylation is 1. The van der Waals surface area contributed by atoms with Gasteiger partial charge >= 0.3 is 0 Å². The van der Waals surface area contributed by atoms with Crippen molar-refractivity contribution in [1.29, 1.82) is 0 Å². The summed E-state index contributed by atoms with van der Waals surface area (Å²) in [6.45, 7) is 4.22. The predicted molar refractivity (Wildman–Crippen MR) is 68.2 cm³/mol. The van der Waals surface area contributed by atoms with E-state index in [1.807, 2.05) is 0 Å². The largest absolute Gasteiger partial charge is 0.395 e. The average molecular weight is 275 g/mol. The van der Waals surface area contributed by atoms with Crippen LogP contribution in [0.4, 0.5) is 4.39 Å². The number of benzene rings is 1. The van der Waals surface area contributed by atoms with Crippen LogP contribution in [0.15, 0.2) is 18.2 Å². The number of sulfonamides is 1. The zero-order valence-electron chi connectivity index (χ0n) is 10.6. The van der Waals surface area contributed by atoms with E-state index in [-0.39, 0.29) is 5.82 Å². The lowest BCUT2D eigenvalue weighted by Gasteiger charge is -2.18. The highest BCUT2D eigenvalue weighted by Gasteiger charge is 2.22. The summed E-state index contributed by atoms with van der Waals surface area (Å²) in [4.78, 5) is 0. The Morgan fingerprint density at radius 1 is 1.39 bits per heavy atom. The van der Waals surface area contributed by atoms with E-state index in [0.717, 1.165) is 0 Å². The summed E-state index contributed by atoms with van der Waals surface area (Å²) >= 11 is 0.